The molecule has 9 nitrogen and oxygen atoms in total. The molecule has 31 heavy (non-hydrogen) atoms. The molecule has 0 spiro atoms. The summed E-state index contributed by atoms with van der Waals surface area (Å²) in [4.78, 5) is 32.5. The molecule has 3 heterocycles. The van der Waals surface area contributed by atoms with Crippen molar-refractivity contribution in [2.75, 3.05) is 38.3 Å². The molecule has 0 aliphatic carbocycles. The maximum Gasteiger partial charge on any atom is 0.267 e. The highest BCUT2D eigenvalue weighted by Gasteiger charge is 2.27. The van der Waals surface area contributed by atoms with Crippen molar-refractivity contribution < 1.29 is 14.3 Å². The number of hydrogen-bond donors (Lipinski definition) is 1. The fourth-order valence-corrected chi connectivity index (χ4v) is 3.62. The van der Waals surface area contributed by atoms with Crippen molar-refractivity contribution in [3.63, 3.8) is 0 Å². The molecule has 0 aromatic carbocycles. The van der Waals surface area contributed by atoms with E-state index in [9.17, 15) is 14.9 Å². The molecule has 0 radical (unpaired) electrons. The molecule has 9 heteroatoms. The summed E-state index contributed by atoms with van der Waals surface area (Å²) in [5.74, 6) is -0.0936. The molecular weight excluding hydrogens is 398 g/mol. The van der Waals surface area contributed by atoms with Gasteiger partial charge in [0.25, 0.3) is 11.5 Å². The zero-order valence-corrected chi connectivity index (χ0v) is 18.0. The molecule has 1 N–H and O–H groups in total. The number of carbonyl (C=O) groups is 1. The SMILES string of the molecule is COCCCNC(=O)/C(C#N)=C/c1c(N2CC(C)OC(C)C2)nc2ccccn2c1=O. The zero-order chi connectivity index (χ0) is 22.4. The number of rotatable bonds is 7. The first-order valence-corrected chi connectivity index (χ1v) is 10.2. The summed E-state index contributed by atoms with van der Waals surface area (Å²) in [5.41, 5.74) is 0.206. The Hall–Kier alpha value is -3.22. The highest BCUT2D eigenvalue weighted by Crippen LogP contribution is 2.23. The Labute approximate surface area is 180 Å². The Morgan fingerprint density at radius 2 is 2.13 bits per heavy atom. The number of nitrogens with one attached hydrogen (secondary N) is 1. The van der Waals surface area contributed by atoms with Crippen molar-refractivity contribution in [1.29, 1.82) is 5.26 Å². The Kier molecular flexibility index (Phi) is 7.39. The summed E-state index contributed by atoms with van der Waals surface area (Å²) in [6.45, 7) is 5.88. The first-order chi connectivity index (χ1) is 14.9. The lowest BCUT2D eigenvalue weighted by Gasteiger charge is -2.36. The lowest BCUT2D eigenvalue weighted by molar-refractivity contribution is -0.117. The first-order valence-electron chi connectivity index (χ1n) is 10.2. The molecule has 0 saturated carbocycles. The van der Waals surface area contributed by atoms with Gasteiger partial charge < -0.3 is 19.7 Å². The number of carbonyl (C=O) groups excluding carboxylic acids is 1. The summed E-state index contributed by atoms with van der Waals surface area (Å²) in [5, 5.41) is 12.3. The van der Waals surface area contributed by atoms with Crippen molar-refractivity contribution in [3.05, 3.63) is 45.9 Å². The number of fused-ring (bicyclic) bond motifs is 1. The highest BCUT2D eigenvalue weighted by molar-refractivity contribution is 6.02. The number of anilines is 1. The van der Waals surface area contributed by atoms with E-state index < -0.39 is 5.91 Å². The summed E-state index contributed by atoms with van der Waals surface area (Å²) in [6.07, 6.45) is 3.48. The van der Waals surface area contributed by atoms with Gasteiger partial charge in [0.05, 0.1) is 17.8 Å². The number of ether oxygens (including phenoxy) is 2. The summed E-state index contributed by atoms with van der Waals surface area (Å²) < 4.78 is 12.2. The number of morpholine rings is 1. The third kappa shape index (κ3) is 5.29. The van der Waals surface area contributed by atoms with E-state index in [4.69, 9.17) is 14.5 Å². The molecule has 2 aromatic rings. The van der Waals surface area contributed by atoms with Crippen LogP contribution in [0, 0.1) is 11.3 Å². The van der Waals surface area contributed by atoms with Gasteiger partial charge in [-0.1, -0.05) is 6.07 Å². The largest absolute Gasteiger partial charge is 0.385 e. The predicted molar refractivity (Wildman–Crippen MR) is 117 cm³/mol. The lowest BCUT2D eigenvalue weighted by atomic mass is 10.1. The number of hydrogen-bond acceptors (Lipinski definition) is 7. The van der Waals surface area contributed by atoms with E-state index in [1.54, 1.807) is 31.5 Å². The maximum atomic E-state index is 13.3. The molecule has 1 amide bonds. The van der Waals surface area contributed by atoms with Crippen LogP contribution in [-0.4, -0.2) is 60.9 Å². The third-order valence-electron chi connectivity index (χ3n) is 4.93. The van der Waals surface area contributed by atoms with Crippen LogP contribution in [0.15, 0.2) is 34.8 Å². The Morgan fingerprint density at radius 3 is 2.81 bits per heavy atom. The topological polar surface area (TPSA) is 109 Å². The number of amides is 1. The molecule has 2 unspecified atom stereocenters. The number of nitriles is 1. The van der Waals surface area contributed by atoms with Crippen LogP contribution in [0.4, 0.5) is 5.82 Å². The average Bonchev–Trinajstić information content (AvgIpc) is 2.75. The number of aromatic nitrogens is 2. The van der Waals surface area contributed by atoms with Crippen LogP contribution in [0.1, 0.15) is 25.8 Å². The van der Waals surface area contributed by atoms with Crippen molar-refractivity contribution in [3.8, 4) is 6.07 Å². The van der Waals surface area contributed by atoms with Gasteiger partial charge in [0.2, 0.25) is 0 Å². The maximum absolute atomic E-state index is 13.3. The smallest absolute Gasteiger partial charge is 0.267 e. The Balaban J connectivity index is 2.05. The second-order valence-corrected chi connectivity index (χ2v) is 7.52. The van der Waals surface area contributed by atoms with E-state index in [-0.39, 0.29) is 28.9 Å². The van der Waals surface area contributed by atoms with Gasteiger partial charge in [0.1, 0.15) is 23.1 Å². The molecular formula is C22H27N5O4. The fraction of sp³-hybridized carbons (Fsp3) is 0.455. The van der Waals surface area contributed by atoms with Gasteiger partial charge in [-0.15, -0.1) is 0 Å². The van der Waals surface area contributed by atoms with Crippen molar-refractivity contribution in [2.45, 2.75) is 32.5 Å². The molecule has 1 fully saturated rings. The van der Waals surface area contributed by atoms with Crippen LogP contribution in [0.25, 0.3) is 11.7 Å². The van der Waals surface area contributed by atoms with Crippen LogP contribution in [0.3, 0.4) is 0 Å². The Morgan fingerprint density at radius 1 is 1.39 bits per heavy atom. The average molecular weight is 425 g/mol. The monoisotopic (exact) mass is 425 g/mol. The van der Waals surface area contributed by atoms with E-state index in [0.717, 1.165) is 0 Å². The fourth-order valence-electron chi connectivity index (χ4n) is 3.62. The van der Waals surface area contributed by atoms with E-state index in [0.29, 0.717) is 44.1 Å². The molecule has 3 rings (SSSR count). The van der Waals surface area contributed by atoms with Gasteiger partial charge >= 0.3 is 0 Å². The van der Waals surface area contributed by atoms with Gasteiger partial charge in [-0.3, -0.25) is 14.0 Å². The minimum atomic E-state index is -0.536. The molecule has 2 aromatic heterocycles. The number of pyridine rings is 1. The number of methoxy groups -OCH3 is 1. The van der Waals surface area contributed by atoms with Crippen LogP contribution < -0.4 is 15.8 Å². The van der Waals surface area contributed by atoms with Crippen molar-refractivity contribution >= 4 is 23.4 Å². The van der Waals surface area contributed by atoms with E-state index in [1.807, 2.05) is 24.8 Å². The second-order valence-electron chi connectivity index (χ2n) is 7.52. The van der Waals surface area contributed by atoms with E-state index in [1.165, 1.54) is 10.5 Å². The van der Waals surface area contributed by atoms with Crippen molar-refractivity contribution in [1.82, 2.24) is 14.7 Å². The summed E-state index contributed by atoms with van der Waals surface area (Å²) in [7, 11) is 1.58. The van der Waals surface area contributed by atoms with Gasteiger partial charge in [-0.05, 0) is 38.5 Å². The van der Waals surface area contributed by atoms with Crippen LogP contribution in [-0.2, 0) is 14.3 Å². The molecule has 1 aliphatic rings. The van der Waals surface area contributed by atoms with E-state index >= 15 is 0 Å². The Bertz CT molecular complexity index is 1060. The van der Waals surface area contributed by atoms with Crippen molar-refractivity contribution in [2.24, 2.45) is 0 Å². The molecule has 2 atom stereocenters. The zero-order valence-electron chi connectivity index (χ0n) is 18.0. The minimum Gasteiger partial charge on any atom is -0.385 e. The molecule has 0 bridgehead atoms. The molecule has 1 saturated heterocycles. The third-order valence-corrected chi connectivity index (χ3v) is 4.93. The van der Waals surface area contributed by atoms with Crippen LogP contribution in [0.2, 0.25) is 0 Å². The second kappa shape index (κ2) is 10.2. The van der Waals surface area contributed by atoms with Crippen LogP contribution >= 0.6 is 0 Å². The summed E-state index contributed by atoms with van der Waals surface area (Å²) >= 11 is 0. The quantitative estimate of drug-likeness (QED) is 0.405. The summed E-state index contributed by atoms with van der Waals surface area (Å²) in [6, 6.07) is 7.20. The van der Waals surface area contributed by atoms with Crippen LogP contribution in [0.5, 0.6) is 0 Å². The van der Waals surface area contributed by atoms with Gasteiger partial charge in [-0.2, -0.15) is 5.26 Å². The molecule has 1 aliphatic heterocycles. The highest BCUT2D eigenvalue weighted by atomic mass is 16.5. The van der Waals surface area contributed by atoms with E-state index in [2.05, 4.69) is 5.32 Å². The first kappa shape index (κ1) is 22.5. The lowest BCUT2D eigenvalue weighted by Crippen LogP contribution is -2.46. The normalized spacial score (nSPS) is 19.3. The standard InChI is InChI=1S/C22H27N5O4/c1-15-13-26(14-16(2)31-15)20-18(22(29)27-9-5-4-7-19(27)25-20)11-17(12-23)21(28)24-8-6-10-30-3/h4-5,7,9,11,15-16H,6,8,10,13-14H2,1-3H3,(H,24,28)/b17-11+. The van der Waals surface area contributed by atoms with Gasteiger partial charge in [0, 0.05) is 39.5 Å². The predicted octanol–water partition coefficient (Wildman–Crippen LogP) is 1.37. The van der Waals surface area contributed by atoms with Gasteiger partial charge in [0.15, 0.2) is 0 Å². The number of nitrogens with zero attached hydrogens (tertiary/aromatic N) is 4. The van der Waals surface area contributed by atoms with Gasteiger partial charge in [-0.25, -0.2) is 4.98 Å². The molecule has 164 valence electrons. The minimum absolute atomic E-state index is 0.0453.